The van der Waals surface area contributed by atoms with Crippen LogP contribution in [0, 0.1) is 6.92 Å². The van der Waals surface area contributed by atoms with E-state index in [0.29, 0.717) is 17.3 Å². The number of aryl methyl sites for hydroxylation is 1. The van der Waals surface area contributed by atoms with Crippen molar-refractivity contribution in [1.29, 1.82) is 0 Å². The Kier molecular flexibility index (Phi) is 4.79. The number of rotatable bonds is 4. The van der Waals surface area contributed by atoms with Gasteiger partial charge in [-0.05, 0) is 37.5 Å². The van der Waals surface area contributed by atoms with Crippen molar-refractivity contribution in [2.75, 3.05) is 35.7 Å². The molecule has 0 bridgehead atoms. The van der Waals surface area contributed by atoms with E-state index in [2.05, 4.69) is 25.5 Å². The third-order valence-electron chi connectivity index (χ3n) is 3.93. The summed E-state index contributed by atoms with van der Waals surface area (Å²) < 4.78 is 5.26. The van der Waals surface area contributed by atoms with Crippen molar-refractivity contribution in [3.05, 3.63) is 36.2 Å². The molecule has 126 valence electrons. The number of carbonyl (C=O) groups is 1. The molecule has 2 amide bonds. The predicted octanol–water partition coefficient (Wildman–Crippen LogP) is 3.04. The van der Waals surface area contributed by atoms with Crippen LogP contribution in [0.25, 0.3) is 0 Å². The van der Waals surface area contributed by atoms with Gasteiger partial charge in [0.15, 0.2) is 0 Å². The molecule has 0 saturated carbocycles. The van der Waals surface area contributed by atoms with E-state index in [1.807, 2.05) is 25.1 Å². The first-order valence-electron chi connectivity index (χ1n) is 7.95. The fourth-order valence-corrected chi connectivity index (χ4v) is 2.72. The number of nitrogens with one attached hydrogen (secondary N) is 2. The molecule has 0 unspecified atom stereocenters. The molecule has 7 nitrogen and oxygen atoms in total. The minimum Gasteiger partial charge on any atom is -0.495 e. The first kappa shape index (κ1) is 16.0. The van der Waals surface area contributed by atoms with E-state index in [-0.39, 0.29) is 6.03 Å². The molecule has 3 rings (SSSR count). The molecule has 1 aromatic carbocycles. The molecule has 1 saturated heterocycles. The number of urea groups is 1. The maximum atomic E-state index is 12.2. The molecule has 7 heteroatoms. The van der Waals surface area contributed by atoms with Crippen LogP contribution >= 0.6 is 0 Å². The molecule has 1 fully saturated rings. The number of methoxy groups -OCH3 is 1. The van der Waals surface area contributed by atoms with Crippen LogP contribution in [0.15, 0.2) is 30.6 Å². The lowest BCUT2D eigenvalue weighted by Crippen LogP contribution is -2.22. The maximum absolute atomic E-state index is 12.2. The van der Waals surface area contributed by atoms with Crippen LogP contribution in [0.2, 0.25) is 0 Å². The summed E-state index contributed by atoms with van der Waals surface area (Å²) in [6.45, 7) is 3.93. The van der Waals surface area contributed by atoms with Gasteiger partial charge in [-0.1, -0.05) is 6.07 Å². The van der Waals surface area contributed by atoms with Crippen molar-refractivity contribution >= 4 is 23.4 Å². The van der Waals surface area contributed by atoms with E-state index >= 15 is 0 Å². The highest BCUT2D eigenvalue weighted by Gasteiger charge is 2.15. The summed E-state index contributed by atoms with van der Waals surface area (Å²) in [7, 11) is 1.57. The predicted molar refractivity (Wildman–Crippen MR) is 93.9 cm³/mol. The molecule has 0 radical (unpaired) electrons. The highest BCUT2D eigenvalue weighted by Crippen LogP contribution is 2.25. The SMILES string of the molecule is COc1ccc(C)cc1NC(=O)Nc1cc(N2CCCC2)ncn1. The zero-order valence-corrected chi connectivity index (χ0v) is 13.9. The topological polar surface area (TPSA) is 79.4 Å². The molecule has 0 atom stereocenters. The Labute approximate surface area is 141 Å². The Hall–Kier alpha value is -2.83. The van der Waals surface area contributed by atoms with Gasteiger partial charge in [-0.25, -0.2) is 14.8 Å². The summed E-state index contributed by atoms with van der Waals surface area (Å²) >= 11 is 0. The number of benzene rings is 1. The lowest BCUT2D eigenvalue weighted by Gasteiger charge is -2.16. The van der Waals surface area contributed by atoms with Crippen LogP contribution < -0.4 is 20.3 Å². The summed E-state index contributed by atoms with van der Waals surface area (Å²) in [4.78, 5) is 22.8. The van der Waals surface area contributed by atoms with Crippen molar-refractivity contribution in [2.45, 2.75) is 19.8 Å². The van der Waals surface area contributed by atoms with Crippen molar-refractivity contribution < 1.29 is 9.53 Å². The first-order valence-corrected chi connectivity index (χ1v) is 7.95. The second kappa shape index (κ2) is 7.16. The normalized spacial score (nSPS) is 13.7. The maximum Gasteiger partial charge on any atom is 0.324 e. The zero-order chi connectivity index (χ0) is 16.9. The van der Waals surface area contributed by atoms with E-state index in [1.54, 1.807) is 13.2 Å². The smallest absolute Gasteiger partial charge is 0.324 e. The van der Waals surface area contributed by atoms with Crippen molar-refractivity contribution in [1.82, 2.24) is 9.97 Å². The van der Waals surface area contributed by atoms with E-state index in [0.717, 1.165) is 24.5 Å². The van der Waals surface area contributed by atoms with Gasteiger partial charge in [0.1, 0.15) is 23.7 Å². The molecule has 0 aliphatic carbocycles. The lowest BCUT2D eigenvalue weighted by molar-refractivity contribution is 0.262. The van der Waals surface area contributed by atoms with E-state index in [9.17, 15) is 4.79 Å². The Morgan fingerprint density at radius 3 is 2.71 bits per heavy atom. The number of aromatic nitrogens is 2. The average Bonchev–Trinajstić information content (AvgIpc) is 3.10. The molecule has 1 aliphatic heterocycles. The molecule has 1 aromatic heterocycles. The first-order chi connectivity index (χ1) is 11.7. The summed E-state index contributed by atoms with van der Waals surface area (Å²) in [5.41, 5.74) is 1.65. The number of hydrogen-bond donors (Lipinski definition) is 2. The number of hydrogen-bond acceptors (Lipinski definition) is 5. The monoisotopic (exact) mass is 327 g/mol. The zero-order valence-electron chi connectivity index (χ0n) is 13.9. The third-order valence-corrected chi connectivity index (χ3v) is 3.93. The molecule has 24 heavy (non-hydrogen) atoms. The number of amides is 2. The Morgan fingerprint density at radius 2 is 1.96 bits per heavy atom. The largest absolute Gasteiger partial charge is 0.495 e. The van der Waals surface area contributed by atoms with Gasteiger partial charge in [0.2, 0.25) is 0 Å². The van der Waals surface area contributed by atoms with Gasteiger partial charge in [0.25, 0.3) is 0 Å². The highest BCUT2D eigenvalue weighted by atomic mass is 16.5. The standard InChI is InChI=1S/C17H21N5O2/c1-12-5-6-14(24-2)13(9-12)20-17(23)21-15-10-16(19-11-18-15)22-7-3-4-8-22/h5-6,9-11H,3-4,7-8H2,1-2H3,(H2,18,19,20,21,23). The molecule has 2 N–H and O–H groups in total. The minimum absolute atomic E-state index is 0.370. The lowest BCUT2D eigenvalue weighted by atomic mass is 10.2. The summed E-state index contributed by atoms with van der Waals surface area (Å²) in [5, 5.41) is 5.53. The Balaban J connectivity index is 1.69. The molecular formula is C17H21N5O2. The van der Waals surface area contributed by atoms with Crippen LogP contribution in [0.1, 0.15) is 18.4 Å². The van der Waals surface area contributed by atoms with Gasteiger partial charge in [0.05, 0.1) is 12.8 Å². The van der Waals surface area contributed by atoms with Crippen LogP contribution in [-0.4, -0.2) is 36.2 Å². The van der Waals surface area contributed by atoms with E-state index in [1.165, 1.54) is 19.2 Å². The molecule has 2 heterocycles. The van der Waals surface area contributed by atoms with Crippen LogP contribution in [0.4, 0.5) is 22.1 Å². The number of anilines is 3. The fraction of sp³-hybridized carbons (Fsp3) is 0.353. The summed E-state index contributed by atoms with van der Waals surface area (Å²) in [6.07, 6.45) is 3.80. The van der Waals surface area contributed by atoms with Gasteiger partial charge in [-0.15, -0.1) is 0 Å². The second-order valence-corrected chi connectivity index (χ2v) is 5.74. The van der Waals surface area contributed by atoms with Crippen molar-refractivity contribution in [3.8, 4) is 5.75 Å². The van der Waals surface area contributed by atoms with Gasteiger partial charge < -0.3 is 15.0 Å². The number of carbonyl (C=O) groups excluding carboxylic acids is 1. The minimum atomic E-state index is -0.370. The molecule has 0 spiro atoms. The van der Waals surface area contributed by atoms with Crippen LogP contribution in [0.5, 0.6) is 5.75 Å². The van der Waals surface area contributed by atoms with Crippen molar-refractivity contribution in [2.24, 2.45) is 0 Å². The molecular weight excluding hydrogens is 306 g/mol. The van der Waals surface area contributed by atoms with Gasteiger partial charge >= 0.3 is 6.03 Å². The Bertz CT molecular complexity index is 729. The van der Waals surface area contributed by atoms with Gasteiger partial charge in [-0.3, -0.25) is 5.32 Å². The quantitative estimate of drug-likeness (QED) is 0.902. The molecule has 1 aliphatic rings. The van der Waals surface area contributed by atoms with Gasteiger partial charge in [0, 0.05) is 19.2 Å². The molecule has 2 aromatic rings. The fourth-order valence-electron chi connectivity index (χ4n) is 2.72. The van der Waals surface area contributed by atoms with E-state index < -0.39 is 0 Å². The van der Waals surface area contributed by atoms with Crippen molar-refractivity contribution in [3.63, 3.8) is 0 Å². The second-order valence-electron chi connectivity index (χ2n) is 5.74. The van der Waals surface area contributed by atoms with Crippen LogP contribution in [-0.2, 0) is 0 Å². The van der Waals surface area contributed by atoms with Gasteiger partial charge in [-0.2, -0.15) is 0 Å². The summed E-state index contributed by atoms with van der Waals surface area (Å²) in [5.74, 6) is 1.91. The Morgan fingerprint density at radius 1 is 1.17 bits per heavy atom. The summed E-state index contributed by atoms with van der Waals surface area (Å²) in [6, 6.07) is 7.02. The number of ether oxygens (including phenoxy) is 1. The number of nitrogens with zero attached hydrogens (tertiary/aromatic N) is 3. The average molecular weight is 327 g/mol. The van der Waals surface area contributed by atoms with Crippen LogP contribution in [0.3, 0.4) is 0 Å². The van der Waals surface area contributed by atoms with E-state index in [4.69, 9.17) is 4.74 Å². The third kappa shape index (κ3) is 3.73. The highest BCUT2D eigenvalue weighted by molar-refractivity contribution is 6.00.